The summed E-state index contributed by atoms with van der Waals surface area (Å²) in [5.74, 6) is -1.74. The lowest BCUT2D eigenvalue weighted by Gasteiger charge is -2.34. The van der Waals surface area contributed by atoms with Crippen LogP contribution >= 0.6 is 0 Å². The number of quaternary nitrogens is 1. The molecule has 302 valence electrons. The molecule has 0 spiro atoms. The van der Waals surface area contributed by atoms with E-state index in [1.165, 1.54) is 128 Å². The molecule has 0 radical (unpaired) electrons. The number of likely N-dealkylation sites (N-methyl/N-ethyl adjacent to an activating group) is 1. The van der Waals surface area contributed by atoms with Crippen LogP contribution in [0, 0.1) is 0 Å². The quantitative estimate of drug-likeness (QED) is 0.0353. The van der Waals surface area contributed by atoms with Gasteiger partial charge in [0, 0.05) is 19.3 Å². The highest BCUT2D eigenvalue weighted by Gasteiger charge is 2.25. The fourth-order valence-electron chi connectivity index (χ4n) is 6.60. The third-order valence-electron chi connectivity index (χ3n) is 9.99. The SMILES string of the molecule is CCCCCCCCCCCCCCCCCCCCCCCCCC(=O)OC(COCCC(C(=O)[O-])[N+](C)(C)C)COC(=O)CCCCCC. The number of carboxylic acids is 1. The van der Waals surface area contributed by atoms with Gasteiger partial charge >= 0.3 is 11.9 Å². The minimum absolute atomic E-state index is 0.0468. The predicted molar refractivity (Wildman–Crippen MR) is 208 cm³/mol. The maximum atomic E-state index is 12.6. The summed E-state index contributed by atoms with van der Waals surface area (Å²) in [5, 5.41) is 11.5. The van der Waals surface area contributed by atoms with Crippen molar-refractivity contribution in [2.75, 3.05) is 41.0 Å². The van der Waals surface area contributed by atoms with Crippen LogP contribution < -0.4 is 5.11 Å². The summed E-state index contributed by atoms with van der Waals surface area (Å²) in [6.07, 6.45) is 34.8. The fourth-order valence-corrected chi connectivity index (χ4v) is 6.60. The molecule has 0 fully saturated rings. The van der Waals surface area contributed by atoms with E-state index in [1.54, 1.807) is 21.1 Å². The van der Waals surface area contributed by atoms with Gasteiger partial charge in [0.2, 0.25) is 0 Å². The van der Waals surface area contributed by atoms with Crippen molar-refractivity contribution in [1.82, 2.24) is 0 Å². The van der Waals surface area contributed by atoms with Gasteiger partial charge in [-0.2, -0.15) is 0 Å². The van der Waals surface area contributed by atoms with Crippen LogP contribution in [0.15, 0.2) is 0 Å². The van der Waals surface area contributed by atoms with Crippen molar-refractivity contribution in [1.29, 1.82) is 0 Å². The molecule has 0 aromatic heterocycles. The van der Waals surface area contributed by atoms with E-state index < -0.39 is 18.1 Å². The van der Waals surface area contributed by atoms with E-state index in [2.05, 4.69) is 13.8 Å². The summed E-state index contributed by atoms with van der Waals surface area (Å²) in [4.78, 5) is 36.4. The van der Waals surface area contributed by atoms with Crippen LogP contribution in [0.25, 0.3) is 0 Å². The Morgan fingerprint density at radius 3 is 1.24 bits per heavy atom. The van der Waals surface area contributed by atoms with Crippen molar-refractivity contribution in [3.63, 3.8) is 0 Å². The largest absolute Gasteiger partial charge is 0.544 e. The molecule has 0 aromatic rings. The molecular weight excluding hydrogens is 642 g/mol. The van der Waals surface area contributed by atoms with E-state index in [9.17, 15) is 19.5 Å². The number of unbranched alkanes of at least 4 members (excludes halogenated alkanes) is 25. The average molecular weight is 726 g/mol. The van der Waals surface area contributed by atoms with Gasteiger partial charge < -0.3 is 28.6 Å². The van der Waals surface area contributed by atoms with Crippen molar-refractivity contribution >= 4 is 17.9 Å². The Morgan fingerprint density at radius 1 is 0.510 bits per heavy atom. The van der Waals surface area contributed by atoms with Crippen LogP contribution in [-0.2, 0) is 28.6 Å². The first-order chi connectivity index (χ1) is 24.6. The first-order valence-electron chi connectivity index (χ1n) is 21.6. The van der Waals surface area contributed by atoms with Gasteiger partial charge in [0.1, 0.15) is 12.6 Å². The topological polar surface area (TPSA) is 102 Å². The van der Waals surface area contributed by atoms with Crippen molar-refractivity contribution in [3.8, 4) is 0 Å². The van der Waals surface area contributed by atoms with Gasteiger partial charge in [0.25, 0.3) is 0 Å². The molecule has 2 unspecified atom stereocenters. The second kappa shape index (κ2) is 35.4. The standard InChI is InChI=1S/C43H83NO7/c1-6-8-10-12-13-14-15-16-17-18-19-20-21-22-23-24-25-26-27-28-29-30-32-34-42(46)51-39(38-50-41(45)33-31-11-9-7-2)37-49-36-35-40(43(47)48)44(3,4)5/h39-40H,6-38H2,1-5H3. The molecule has 0 bridgehead atoms. The van der Waals surface area contributed by atoms with Crippen LogP contribution in [0.3, 0.4) is 0 Å². The Hall–Kier alpha value is -1.67. The van der Waals surface area contributed by atoms with Gasteiger partial charge in [-0.25, -0.2) is 0 Å². The monoisotopic (exact) mass is 726 g/mol. The number of esters is 2. The number of rotatable bonds is 39. The number of aliphatic carboxylic acids is 1. The molecule has 0 N–H and O–H groups in total. The van der Waals surface area contributed by atoms with Gasteiger partial charge in [0.05, 0.1) is 40.3 Å². The Kier molecular flexibility index (Phi) is 34.2. The Bertz CT molecular complexity index is 813. The van der Waals surface area contributed by atoms with E-state index in [0.29, 0.717) is 12.8 Å². The number of carbonyl (C=O) groups is 3. The van der Waals surface area contributed by atoms with E-state index in [-0.39, 0.29) is 42.7 Å². The highest BCUT2D eigenvalue weighted by molar-refractivity contribution is 5.70. The lowest BCUT2D eigenvalue weighted by molar-refractivity contribution is -0.889. The lowest BCUT2D eigenvalue weighted by Crippen LogP contribution is -2.55. The molecule has 8 heteroatoms. The number of carbonyl (C=O) groups excluding carboxylic acids is 3. The van der Waals surface area contributed by atoms with Crippen molar-refractivity contribution in [2.24, 2.45) is 0 Å². The van der Waals surface area contributed by atoms with Gasteiger partial charge in [0.15, 0.2) is 6.10 Å². The highest BCUT2D eigenvalue weighted by Crippen LogP contribution is 2.16. The minimum atomic E-state index is -1.12. The number of hydrogen-bond acceptors (Lipinski definition) is 7. The Morgan fingerprint density at radius 2 is 0.863 bits per heavy atom. The second-order valence-corrected chi connectivity index (χ2v) is 15.9. The van der Waals surface area contributed by atoms with E-state index in [4.69, 9.17) is 14.2 Å². The fraction of sp³-hybridized carbons (Fsp3) is 0.930. The van der Waals surface area contributed by atoms with Gasteiger partial charge in [-0.1, -0.05) is 174 Å². The zero-order valence-electron chi connectivity index (χ0n) is 34.3. The molecule has 0 saturated heterocycles. The maximum Gasteiger partial charge on any atom is 0.306 e. The van der Waals surface area contributed by atoms with Crippen molar-refractivity contribution in [2.45, 2.75) is 219 Å². The molecule has 0 aliphatic heterocycles. The van der Waals surface area contributed by atoms with Crippen LogP contribution in [0.4, 0.5) is 0 Å². The first kappa shape index (κ1) is 49.3. The zero-order valence-corrected chi connectivity index (χ0v) is 34.3. The van der Waals surface area contributed by atoms with Crippen LogP contribution in [-0.4, -0.2) is 75.5 Å². The predicted octanol–water partition coefficient (Wildman–Crippen LogP) is 10.0. The normalized spacial score (nSPS) is 12.9. The summed E-state index contributed by atoms with van der Waals surface area (Å²) in [6, 6.07) is -0.717. The van der Waals surface area contributed by atoms with Crippen molar-refractivity contribution < 1.29 is 38.2 Å². The molecular formula is C43H83NO7. The molecule has 0 aliphatic carbocycles. The number of ether oxygens (including phenoxy) is 3. The van der Waals surface area contributed by atoms with Gasteiger partial charge in [-0.15, -0.1) is 0 Å². The molecule has 51 heavy (non-hydrogen) atoms. The average Bonchev–Trinajstić information content (AvgIpc) is 3.08. The van der Waals surface area contributed by atoms with Crippen LogP contribution in [0.1, 0.15) is 206 Å². The molecule has 0 heterocycles. The number of nitrogens with zero attached hydrogens (tertiary/aromatic N) is 1. The smallest absolute Gasteiger partial charge is 0.306 e. The lowest BCUT2D eigenvalue weighted by atomic mass is 10.0. The molecule has 0 rings (SSSR count). The van der Waals surface area contributed by atoms with Crippen molar-refractivity contribution in [3.05, 3.63) is 0 Å². The summed E-state index contributed by atoms with van der Waals surface area (Å²) >= 11 is 0. The molecule has 0 aliphatic rings. The Balaban J connectivity index is 3.98. The molecule has 0 saturated carbocycles. The summed E-state index contributed by atoms with van der Waals surface area (Å²) in [5.41, 5.74) is 0. The molecule has 8 nitrogen and oxygen atoms in total. The number of hydrogen-bond donors (Lipinski definition) is 0. The minimum Gasteiger partial charge on any atom is -0.544 e. The zero-order chi connectivity index (χ0) is 37.8. The summed E-state index contributed by atoms with van der Waals surface area (Å²) in [6.45, 7) is 4.57. The first-order valence-corrected chi connectivity index (χ1v) is 21.6. The molecule has 0 aromatic carbocycles. The highest BCUT2D eigenvalue weighted by atomic mass is 16.6. The van der Waals surface area contributed by atoms with Gasteiger partial charge in [-0.3, -0.25) is 9.59 Å². The van der Waals surface area contributed by atoms with E-state index in [1.807, 2.05) is 0 Å². The van der Waals surface area contributed by atoms with Crippen LogP contribution in [0.2, 0.25) is 0 Å². The Labute approximate surface area is 315 Å². The summed E-state index contributed by atoms with van der Waals surface area (Å²) < 4.78 is 17.0. The van der Waals surface area contributed by atoms with Gasteiger partial charge in [-0.05, 0) is 12.8 Å². The second-order valence-electron chi connectivity index (χ2n) is 15.9. The van der Waals surface area contributed by atoms with Crippen LogP contribution in [0.5, 0.6) is 0 Å². The third kappa shape index (κ3) is 33.9. The van der Waals surface area contributed by atoms with E-state index >= 15 is 0 Å². The number of carboxylic acid groups (broad SMARTS) is 1. The molecule has 2 atom stereocenters. The maximum absolute atomic E-state index is 12.6. The third-order valence-corrected chi connectivity index (χ3v) is 9.99. The molecule has 0 amide bonds. The summed E-state index contributed by atoms with van der Waals surface area (Å²) in [7, 11) is 5.40. The van der Waals surface area contributed by atoms with E-state index in [0.717, 1.165) is 44.9 Å².